The molecular formula is C21H28. The van der Waals surface area contributed by atoms with E-state index in [9.17, 15) is 0 Å². The largest absolute Gasteiger partial charge is 0.0654 e. The molecule has 0 nitrogen and oxygen atoms in total. The highest BCUT2D eigenvalue weighted by Crippen LogP contribution is 2.31. The average Bonchev–Trinajstić information content (AvgIpc) is 2.47. The van der Waals surface area contributed by atoms with Crippen molar-refractivity contribution in [3.63, 3.8) is 0 Å². The zero-order valence-electron chi connectivity index (χ0n) is 13.7. The normalized spacial score (nSPS) is 11.0. The van der Waals surface area contributed by atoms with Crippen LogP contribution in [-0.2, 0) is 0 Å². The van der Waals surface area contributed by atoms with E-state index in [0.29, 0.717) is 5.92 Å². The smallest absolute Gasteiger partial charge is 0.00895 e. The fourth-order valence-corrected chi connectivity index (χ4v) is 3.07. The Morgan fingerprint density at radius 2 is 1.33 bits per heavy atom. The molecule has 0 saturated heterocycles. The van der Waals surface area contributed by atoms with Gasteiger partial charge >= 0.3 is 0 Å². The zero-order chi connectivity index (χ0) is 15.1. The maximum absolute atomic E-state index is 2.35. The van der Waals surface area contributed by atoms with Gasteiger partial charge in [-0.1, -0.05) is 92.3 Å². The van der Waals surface area contributed by atoms with Crippen molar-refractivity contribution in [2.75, 3.05) is 0 Å². The van der Waals surface area contributed by atoms with E-state index in [0.717, 1.165) is 0 Å². The summed E-state index contributed by atoms with van der Waals surface area (Å²) in [5, 5.41) is 0. The zero-order valence-corrected chi connectivity index (χ0v) is 13.7. The summed E-state index contributed by atoms with van der Waals surface area (Å²) in [5.74, 6) is 0.543. The van der Waals surface area contributed by atoms with Crippen LogP contribution in [0.1, 0.15) is 67.2 Å². The van der Waals surface area contributed by atoms with E-state index in [1.54, 1.807) is 0 Å². The first-order valence-electron chi connectivity index (χ1n) is 8.34. The molecule has 0 amide bonds. The summed E-state index contributed by atoms with van der Waals surface area (Å²) in [6.07, 6.45) is 6.59. The van der Waals surface area contributed by atoms with Crippen molar-refractivity contribution in [3.05, 3.63) is 70.8 Å². The van der Waals surface area contributed by atoms with Crippen LogP contribution in [0.3, 0.4) is 0 Å². The van der Waals surface area contributed by atoms with Gasteiger partial charge in [-0.2, -0.15) is 0 Å². The van der Waals surface area contributed by atoms with Gasteiger partial charge in [0.2, 0.25) is 0 Å². The van der Waals surface area contributed by atoms with Crippen molar-refractivity contribution in [2.45, 2.75) is 58.8 Å². The van der Waals surface area contributed by atoms with Crippen LogP contribution in [0.2, 0.25) is 0 Å². The second-order valence-corrected chi connectivity index (χ2v) is 6.23. The highest BCUT2D eigenvalue weighted by molar-refractivity contribution is 5.36. The second-order valence-electron chi connectivity index (χ2n) is 6.23. The van der Waals surface area contributed by atoms with Crippen molar-refractivity contribution < 1.29 is 0 Å². The first-order valence-corrected chi connectivity index (χ1v) is 8.34. The molecule has 0 heterocycles. The van der Waals surface area contributed by atoms with E-state index in [1.165, 1.54) is 54.4 Å². The Labute approximate surface area is 130 Å². The number of benzene rings is 2. The second kappa shape index (κ2) is 8.02. The summed E-state index contributed by atoms with van der Waals surface area (Å²) < 4.78 is 0. The van der Waals surface area contributed by atoms with Crippen LogP contribution in [0.25, 0.3) is 0 Å². The summed E-state index contributed by atoms with van der Waals surface area (Å²) in [7, 11) is 0. The summed E-state index contributed by atoms with van der Waals surface area (Å²) in [4.78, 5) is 0. The minimum absolute atomic E-state index is 0.543. The van der Waals surface area contributed by atoms with Crippen LogP contribution >= 0.6 is 0 Å². The van der Waals surface area contributed by atoms with Gasteiger partial charge in [0.15, 0.2) is 0 Å². The Balaban J connectivity index is 2.21. The third-order valence-corrected chi connectivity index (χ3v) is 4.24. The third kappa shape index (κ3) is 4.74. The van der Waals surface area contributed by atoms with Crippen molar-refractivity contribution in [3.8, 4) is 0 Å². The molecule has 0 spiro atoms. The molecule has 112 valence electrons. The van der Waals surface area contributed by atoms with Gasteiger partial charge in [0.05, 0.1) is 0 Å². The molecule has 0 fully saturated rings. The molecule has 0 aromatic heterocycles. The number of unbranched alkanes of at least 4 members (excludes halogenated alkanes) is 3. The minimum atomic E-state index is 0.543. The van der Waals surface area contributed by atoms with Crippen LogP contribution in [0, 0.1) is 13.8 Å². The van der Waals surface area contributed by atoms with Gasteiger partial charge in [-0.15, -0.1) is 0 Å². The molecule has 2 rings (SSSR count). The van der Waals surface area contributed by atoms with Crippen molar-refractivity contribution in [1.82, 2.24) is 0 Å². The van der Waals surface area contributed by atoms with Crippen LogP contribution in [0.5, 0.6) is 0 Å². The van der Waals surface area contributed by atoms with Gasteiger partial charge in [-0.3, -0.25) is 0 Å². The summed E-state index contributed by atoms with van der Waals surface area (Å²) in [5.41, 5.74) is 5.66. The molecule has 0 atom stereocenters. The van der Waals surface area contributed by atoms with Gasteiger partial charge < -0.3 is 0 Å². The van der Waals surface area contributed by atoms with Crippen molar-refractivity contribution in [2.24, 2.45) is 0 Å². The lowest BCUT2D eigenvalue weighted by Crippen LogP contribution is -2.02. The van der Waals surface area contributed by atoms with E-state index in [4.69, 9.17) is 0 Å². The van der Waals surface area contributed by atoms with Gasteiger partial charge in [0.1, 0.15) is 0 Å². The maximum Gasteiger partial charge on any atom is 0.00895 e. The number of hydrogen-bond acceptors (Lipinski definition) is 0. The molecule has 0 radical (unpaired) electrons. The Morgan fingerprint density at radius 1 is 0.762 bits per heavy atom. The lowest BCUT2D eigenvalue weighted by Gasteiger charge is -2.19. The van der Waals surface area contributed by atoms with E-state index < -0.39 is 0 Å². The van der Waals surface area contributed by atoms with Crippen molar-refractivity contribution >= 4 is 0 Å². The predicted molar refractivity (Wildman–Crippen MR) is 93.0 cm³/mol. The minimum Gasteiger partial charge on any atom is -0.0654 e. The van der Waals surface area contributed by atoms with Gasteiger partial charge in [0.25, 0.3) is 0 Å². The molecule has 0 bridgehead atoms. The monoisotopic (exact) mass is 280 g/mol. The number of aryl methyl sites for hydroxylation is 2. The van der Waals surface area contributed by atoms with Gasteiger partial charge in [-0.25, -0.2) is 0 Å². The average molecular weight is 280 g/mol. The molecule has 0 aliphatic carbocycles. The fourth-order valence-electron chi connectivity index (χ4n) is 3.07. The topological polar surface area (TPSA) is 0 Å². The molecule has 2 aromatic carbocycles. The van der Waals surface area contributed by atoms with Gasteiger partial charge in [0, 0.05) is 5.92 Å². The van der Waals surface area contributed by atoms with Crippen LogP contribution < -0.4 is 0 Å². The van der Waals surface area contributed by atoms with E-state index >= 15 is 0 Å². The Morgan fingerprint density at radius 3 is 1.81 bits per heavy atom. The summed E-state index contributed by atoms with van der Waals surface area (Å²) >= 11 is 0. The molecule has 0 heteroatoms. The molecule has 0 aliphatic heterocycles. The van der Waals surface area contributed by atoms with Crippen molar-refractivity contribution in [1.29, 1.82) is 0 Å². The quantitative estimate of drug-likeness (QED) is 0.514. The summed E-state index contributed by atoms with van der Waals surface area (Å²) in [6, 6.07) is 18.1. The molecule has 0 aliphatic rings. The molecule has 0 N–H and O–H groups in total. The van der Waals surface area contributed by atoms with Gasteiger partial charge in [-0.05, 0) is 31.4 Å². The summed E-state index contributed by atoms with van der Waals surface area (Å²) in [6.45, 7) is 6.65. The van der Waals surface area contributed by atoms with Crippen LogP contribution in [0.4, 0.5) is 0 Å². The van der Waals surface area contributed by atoms with E-state index in [2.05, 4.69) is 69.3 Å². The maximum atomic E-state index is 2.35. The first-order chi connectivity index (χ1) is 10.2. The Hall–Kier alpha value is -1.56. The van der Waals surface area contributed by atoms with E-state index in [1.807, 2.05) is 0 Å². The standard InChI is InChI=1S/C21H28/c1-4-5-6-7-14-21(19-12-8-10-17(2)15-19)20-13-9-11-18(3)16-20/h8-13,15-16,21H,4-7,14H2,1-3H3. The van der Waals surface area contributed by atoms with E-state index in [-0.39, 0.29) is 0 Å². The lowest BCUT2D eigenvalue weighted by atomic mass is 9.85. The Kier molecular flexibility index (Phi) is 6.04. The highest BCUT2D eigenvalue weighted by Gasteiger charge is 2.14. The van der Waals surface area contributed by atoms with Crippen LogP contribution in [-0.4, -0.2) is 0 Å². The molecule has 0 saturated carbocycles. The molecular weight excluding hydrogens is 252 g/mol. The third-order valence-electron chi connectivity index (χ3n) is 4.24. The molecule has 0 unspecified atom stereocenters. The van der Waals surface area contributed by atoms with Crippen LogP contribution in [0.15, 0.2) is 48.5 Å². The SMILES string of the molecule is CCCCCCC(c1cccc(C)c1)c1cccc(C)c1. The first kappa shape index (κ1) is 15.8. The number of hydrogen-bond donors (Lipinski definition) is 0. The number of rotatable bonds is 7. The Bertz CT molecular complexity index is 508. The highest BCUT2D eigenvalue weighted by atomic mass is 14.2. The molecule has 2 aromatic rings. The lowest BCUT2D eigenvalue weighted by molar-refractivity contribution is 0.596. The molecule has 21 heavy (non-hydrogen) atoms. The fraction of sp³-hybridized carbons (Fsp3) is 0.429. The predicted octanol–water partition coefficient (Wildman–Crippen LogP) is 6.41.